The molecule has 0 amide bonds. The number of aryl methyl sites for hydroxylation is 1. The zero-order valence-corrected chi connectivity index (χ0v) is 24.0. The van der Waals surface area contributed by atoms with Crippen molar-refractivity contribution in [3.05, 3.63) is 47.2 Å². The van der Waals surface area contributed by atoms with E-state index in [-0.39, 0.29) is 5.92 Å². The number of benzene rings is 1. The number of aromatic nitrogens is 4. The van der Waals surface area contributed by atoms with Crippen molar-refractivity contribution in [3.8, 4) is 0 Å². The monoisotopic (exact) mass is 549 g/mol. The highest BCUT2D eigenvalue weighted by Crippen LogP contribution is 2.33. The molecule has 1 aliphatic heterocycles. The first kappa shape index (κ1) is 27.6. The van der Waals surface area contributed by atoms with E-state index in [9.17, 15) is 4.79 Å². The van der Waals surface area contributed by atoms with Gasteiger partial charge < -0.3 is 15.0 Å². The van der Waals surface area contributed by atoms with Gasteiger partial charge in [0.2, 0.25) is 0 Å². The lowest BCUT2D eigenvalue weighted by Gasteiger charge is -2.36. The number of Topliss-reactive ketones (excluding diaryl/α,β-unsaturated/α-hetero) is 1. The van der Waals surface area contributed by atoms with Crippen LogP contribution in [0.25, 0.3) is 0 Å². The minimum absolute atomic E-state index is 0.254. The lowest BCUT2D eigenvalue weighted by Crippen LogP contribution is -2.47. The number of hydrogen-bond acceptors (Lipinski definition) is 9. The topological polar surface area (TPSA) is 99.3 Å². The molecule has 0 unspecified atom stereocenters. The van der Waals surface area contributed by atoms with Crippen LogP contribution in [0.5, 0.6) is 0 Å². The molecule has 0 radical (unpaired) electrons. The van der Waals surface area contributed by atoms with Gasteiger partial charge in [-0.3, -0.25) is 14.8 Å². The van der Waals surface area contributed by atoms with Gasteiger partial charge in [-0.05, 0) is 56.1 Å². The molecule has 9 nitrogen and oxygen atoms in total. The summed E-state index contributed by atoms with van der Waals surface area (Å²) in [5, 5.41) is 11.4. The Kier molecular flexibility index (Phi) is 9.16. The number of anilines is 3. The number of piperazine rings is 1. The molecule has 10 heteroatoms. The summed E-state index contributed by atoms with van der Waals surface area (Å²) in [7, 11) is 1.75. The fourth-order valence-corrected chi connectivity index (χ4v) is 6.09. The first-order valence-corrected chi connectivity index (χ1v) is 14.7. The number of hydrogen-bond donors (Lipinski definition) is 2. The van der Waals surface area contributed by atoms with Crippen LogP contribution in [0.3, 0.4) is 0 Å². The predicted molar refractivity (Wildman–Crippen MR) is 155 cm³/mol. The molecule has 1 saturated carbocycles. The van der Waals surface area contributed by atoms with E-state index in [1.54, 1.807) is 7.11 Å². The van der Waals surface area contributed by atoms with Gasteiger partial charge in [0.15, 0.2) is 11.0 Å². The smallest absolute Gasteiger partial charge is 0.196 e. The van der Waals surface area contributed by atoms with Crippen LogP contribution in [-0.4, -0.2) is 77.3 Å². The van der Waals surface area contributed by atoms with Crippen LogP contribution in [0.2, 0.25) is 0 Å². The Balaban J connectivity index is 1.33. The molecule has 2 N–H and O–H groups in total. The fraction of sp³-hybridized carbons (Fsp3) is 0.517. The number of carbonyl (C=O) groups excluding carboxylic acids is 1. The zero-order chi connectivity index (χ0) is 27.2. The third-order valence-electron chi connectivity index (χ3n) is 7.66. The predicted octanol–water partition coefficient (Wildman–Crippen LogP) is 4.78. The number of carbonyl (C=O) groups is 1. The summed E-state index contributed by atoms with van der Waals surface area (Å²) >= 11 is 1.54. The molecule has 0 atom stereocenters. The van der Waals surface area contributed by atoms with Crippen molar-refractivity contribution in [3.63, 3.8) is 0 Å². The van der Waals surface area contributed by atoms with Crippen molar-refractivity contribution in [2.75, 3.05) is 56.7 Å². The maximum Gasteiger partial charge on any atom is 0.196 e. The summed E-state index contributed by atoms with van der Waals surface area (Å²) in [6.45, 7) is 9.48. The van der Waals surface area contributed by atoms with Crippen LogP contribution in [-0.2, 0) is 16.0 Å². The molecule has 3 heterocycles. The van der Waals surface area contributed by atoms with Crippen LogP contribution < -0.4 is 10.2 Å². The second-order valence-electron chi connectivity index (χ2n) is 10.6. The highest BCUT2D eigenvalue weighted by atomic mass is 32.2. The molecule has 39 heavy (non-hydrogen) atoms. The van der Waals surface area contributed by atoms with Crippen LogP contribution in [0, 0.1) is 19.8 Å². The van der Waals surface area contributed by atoms with Crippen LogP contribution in [0.15, 0.2) is 40.4 Å². The first-order chi connectivity index (χ1) is 19.0. The minimum atomic E-state index is 0.254. The quantitative estimate of drug-likeness (QED) is 0.327. The average molecular weight is 550 g/mol. The molecule has 2 aliphatic rings. The van der Waals surface area contributed by atoms with E-state index in [1.165, 1.54) is 24.6 Å². The maximum atomic E-state index is 12.6. The normalized spacial score (nSPS) is 16.6. The van der Waals surface area contributed by atoms with E-state index in [1.807, 2.05) is 13.0 Å². The molecule has 2 fully saturated rings. The van der Waals surface area contributed by atoms with Gasteiger partial charge in [-0.15, -0.1) is 0 Å². The zero-order valence-electron chi connectivity index (χ0n) is 23.2. The Morgan fingerprint density at radius 1 is 1.10 bits per heavy atom. The fourth-order valence-electron chi connectivity index (χ4n) is 5.34. The molecule has 0 bridgehead atoms. The Hall–Kier alpha value is -2.95. The van der Waals surface area contributed by atoms with Crippen LogP contribution >= 0.6 is 11.8 Å². The van der Waals surface area contributed by atoms with Gasteiger partial charge in [0.05, 0.1) is 6.61 Å². The number of nitrogens with one attached hydrogen (secondary N) is 2. The second-order valence-corrected chi connectivity index (χ2v) is 11.6. The Morgan fingerprint density at radius 3 is 2.51 bits per heavy atom. The van der Waals surface area contributed by atoms with Gasteiger partial charge in [-0.2, -0.15) is 5.10 Å². The van der Waals surface area contributed by atoms with Gasteiger partial charge in [0, 0.05) is 74.4 Å². The molecule has 2 aromatic heterocycles. The van der Waals surface area contributed by atoms with Crippen molar-refractivity contribution in [1.29, 1.82) is 0 Å². The summed E-state index contributed by atoms with van der Waals surface area (Å²) in [6, 6.07) is 10.2. The summed E-state index contributed by atoms with van der Waals surface area (Å²) in [6.07, 6.45) is 5.00. The number of ketones is 1. The Labute approximate surface area is 235 Å². The van der Waals surface area contributed by atoms with Crippen molar-refractivity contribution in [1.82, 2.24) is 25.1 Å². The first-order valence-electron chi connectivity index (χ1n) is 13.9. The highest BCUT2D eigenvalue weighted by Gasteiger charge is 2.24. The minimum Gasteiger partial charge on any atom is -0.383 e. The summed E-state index contributed by atoms with van der Waals surface area (Å²) in [5.74, 6) is 3.08. The van der Waals surface area contributed by atoms with Crippen molar-refractivity contribution in [2.24, 2.45) is 5.92 Å². The molecule has 3 aromatic rings. The van der Waals surface area contributed by atoms with Gasteiger partial charge >= 0.3 is 0 Å². The highest BCUT2D eigenvalue weighted by molar-refractivity contribution is 7.99. The third kappa shape index (κ3) is 7.17. The van der Waals surface area contributed by atoms with E-state index in [0.717, 1.165) is 91.3 Å². The summed E-state index contributed by atoms with van der Waals surface area (Å²) < 4.78 is 5.26. The van der Waals surface area contributed by atoms with Gasteiger partial charge in [0.1, 0.15) is 17.4 Å². The maximum absolute atomic E-state index is 12.6. The molecule has 1 aromatic carbocycles. The molecule has 208 valence electrons. The Morgan fingerprint density at radius 2 is 1.85 bits per heavy atom. The number of H-pyrrole nitrogens is 1. The number of methoxy groups -OCH3 is 1. The average Bonchev–Trinajstić information content (AvgIpc) is 3.63. The van der Waals surface area contributed by atoms with Gasteiger partial charge in [-0.1, -0.05) is 25.0 Å². The number of ether oxygens (including phenoxy) is 1. The molecular formula is C29H39N7O2S. The number of rotatable bonds is 11. The Bertz CT molecular complexity index is 1250. The lowest BCUT2D eigenvalue weighted by molar-refractivity contribution is -0.122. The molecule has 5 rings (SSSR count). The molecular weight excluding hydrogens is 510 g/mol. The molecule has 0 spiro atoms. The van der Waals surface area contributed by atoms with Gasteiger partial charge in [-0.25, -0.2) is 9.97 Å². The van der Waals surface area contributed by atoms with E-state index in [0.29, 0.717) is 17.4 Å². The SMILES string of the molecule is COCCN1CCN(c2nc(Sc3ccc(CC(=O)C4CCCC4)cc3)nc(Nc3cc(C)[nH]n3)c2C)CC1. The number of aromatic amines is 1. The molecule has 1 aliphatic carbocycles. The van der Waals surface area contributed by atoms with Crippen LogP contribution in [0.1, 0.15) is 42.5 Å². The van der Waals surface area contributed by atoms with Gasteiger partial charge in [0.25, 0.3) is 0 Å². The van der Waals surface area contributed by atoms with Crippen molar-refractivity contribution >= 4 is 35.0 Å². The van der Waals surface area contributed by atoms with Crippen molar-refractivity contribution in [2.45, 2.75) is 56.0 Å². The van der Waals surface area contributed by atoms with E-state index >= 15 is 0 Å². The van der Waals surface area contributed by atoms with E-state index in [4.69, 9.17) is 14.7 Å². The molecule has 1 saturated heterocycles. The lowest BCUT2D eigenvalue weighted by atomic mass is 9.97. The second kappa shape index (κ2) is 12.9. The third-order valence-corrected chi connectivity index (χ3v) is 8.53. The largest absolute Gasteiger partial charge is 0.383 e. The summed E-state index contributed by atoms with van der Waals surface area (Å²) in [5.41, 5.74) is 3.06. The number of nitrogens with zero attached hydrogens (tertiary/aromatic N) is 5. The summed E-state index contributed by atoms with van der Waals surface area (Å²) in [4.78, 5) is 28.4. The van der Waals surface area contributed by atoms with Crippen molar-refractivity contribution < 1.29 is 9.53 Å². The van der Waals surface area contributed by atoms with Crippen LogP contribution in [0.4, 0.5) is 17.5 Å². The van der Waals surface area contributed by atoms with E-state index in [2.05, 4.69) is 56.5 Å². The standard InChI is InChI=1S/C29H39N7O2S/c1-20-18-26(34-33-20)30-27-21(2)28(36-14-12-35(13-15-36)16-17-38-3)32-29(31-27)39-24-10-8-22(9-11-24)19-25(37)23-6-4-5-7-23/h8-11,18,23H,4-7,12-17,19H2,1-3H3,(H2,30,31,32,33,34). The van der Waals surface area contributed by atoms with E-state index < -0.39 is 0 Å².